The van der Waals surface area contributed by atoms with E-state index in [1.807, 2.05) is 46.5 Å². The summed E-state index contributed by atoms with van der Waals surface area (Å²) in [5, 5.41) is 0. The van der Waals surface area contributed by atoms with Gasteiger partial charge in [-0.15, -0.1) is 4.52 Å². The number of rotatable bonds is 2. The summed E-state index contributed by atoms with van der Waals surface area (Å²) in [6.45, 7) is 4.74. The van der Waals surface area contributed by atoms with Crippen LogP contribution in [0.1, 0.15) is 12.6 Å². The van der Waals surface area contributed by atoms with Gasteiger partial charge < -0.3 is 4.74 Å². The summed E-state index contributed by atoms with van der Waals surface area (Å²) in [6, 6.07) is 6.02. The quantitative estimate of drug-likeness (QED) is 0.631. The van der Waals surface area contributed by atoms with E-state index in [1.54, 1.807) is 0 Å². The smallest absolute Gasteiger partial charge is 0.399 e. The fourth-order valence-corrected chi connectivity index (χ4v) is 1.44. The molecule has 2 aromatic rings. The van der Waals surface area contributed by atoms with Crippen molar-refractivity contribution in [2.75, 3.05) is 6.61 Å². The van der Waals surface area contributed by atoms with Gasteiger partial charge in [0.25, 0.3) is 0 Å². The average molecular weight is 177 g/mol. The molecule has 0 atom stereocenters. The number of ether oxygens (including phenoxy) is 1. The fourth-order valence-electron chi connectivity index (χ4n) is 1.44. The van der Waals surface area contributed by atoms with Crippen molar-refractivity contribution in [1.82, 2.24) is 4.52 Å². The first-order valence-corrected chi connectivity index (χ1v) is 4.44. The summed E-state index contributed by atoms with van der Waals surface area (Å²) in [4.78, 5) is 0. The molecule has 0 aliphatic heterocycles. The molecule has 0 radical (unpaired) electrons. The van der Waals surface area contributed by atoms with Crippen LogP contribution in [-0.4, -0.2) is 11.1 Å². The standard InChI is InChI=1S/C10H13N2O/c1-3-13-10-8-9(2)11-6-4-5-7-12(10)11/h4-8H,3H2,1-2H3/q+1. The maximum Gasteiger partial charge on any atom is 0.399 e. The van der Waals surface area contributed by atoms with Crippen LogP contribution in [0.15, 0.2) is 30.6 Å². The Balaban J connectivity index is 2.63. The van der Waals surface area contributed by atoms with E-state index < -0.39 is 0 Å². The monoisotopic (exact) mass is 177 g/mol. The average Bonchev–Trinajstić information content (AvgIpc) is 2.46. The number of aryl methyl sites for hydroxylation is 1. The molecule has 0 bridgehead atoms. The first-order chi connectivity index (χ1) is 6.33. The van der Waals surface area contributed by atoms with E-state index in [1.165, 1.54) is 5.69 Å². The van der Waals surface area contributed by atoms with Crippen molar-refractivity contribution in [3.63, 3.8) is 0 Å². The highest BCUT2D eigenvalue weighted by Gasteiger charge is 2.13. The summed E-state index contributed by atoms with van der Waals surface area (Å²) < 4.78 is 9.51. The van der Waals surface area contributed by atoms with Crippen LogP contribution in [0.4, 0.5) is 0 Å². The van der Waals surface area contributed by atoms with E-state index in [0.29, 0.717) is 6.61 Å². The van der Waals surface area contributed by atoms with Gasteiger partial charge in [-0.25, -0.2) is 0 Å². The minimum absolute atomic E-state index is 0.695. The molecule has 2 rings (SSSR count). The summed E-state index contributed by atoms with van der Waals surface area (Å²) in [6.07, 6.45) is 4.00. The van der Waals surface area contributed by atoms with Crippen LogP contribution >= 0.6 is 0 Å². The Bertz CT molecular complexity index is 420. The van der Waals surface area contributed by atoms with Gasteiger partial charge >= 0.3 is 5.88 Å². The molecule has 3 heteroatoms. The largest absolute Gasteiger partial charge is 0.443 e. The first kappa shape index (κ1) is 8.10. The van der Waals surface area contributed by atoms with Crippen LogP contribution in [-0.2, 0) is 0 Å². The molecule has 2 heterocycles. The van der Waals surface area contributed by atoms with E-state index in [-0.39, 0.29) is 0 Å². The minimum atomic E-state index is 0.695. The van der Waals surface area contributed by atoms with Gasteiger partial charge in [0.15, 0.2) is 0 Å². The lowest BCUT2D eigenvalue weighted by Crippen LogP contribution is -2.29. The Kier molecular flexibility index (Phi) is 1.93. The van der Waals surface area contributed by atoms with Gasteiger partial charge in [0.1, 0.15) is 0 Å². The molecule has 2 aromatic heterocycles. The Morgan fingerprint density at radius 2 is 2.31 bits per heavy atom. The van der Waals surface area contributed by atoms with Crippen molar-refractivity contribution < 1.29 is 9.25 Å². The Hall–Kier alpha value is -1.51. The summed E-state index contributed by atoms with van der Waals surface area (Å²) in [7, 11) is 0. The second-order valence-corrected chi connectivity index (χ2v) is 2.93. The maximum absolute atomic E-state index is 5.48. The second-order valence-electron chi connectivity index (χ2n) is 2.93. The molecule has 68 valence electrons. The highest BCUT2D eigenvalue weighted by molar-refractivity contribution is 5.09. The number of hydrogen-bond acceptors (Lipinski definition) is 1. The van der Waals surface area contributed by atoms with Gasteiger partial charge in [-0.3, -0.25) is 0 Å². The van der Waals surface area contributed by atoms with Gasteiger partial charge in [-0.1, -0.05) is 0 Å². The molecule has 3 nitrogen and oxygen atoms in total. The molecular formula is C10H13N2O+. The van der Waals surface area contributed by atoms with Crippen LogP contribution < -0.4 is 9.25 Å². The third-order valence-corrected chi connectivity index (χ3v) is 2.01. The third-order valence-electron chi connectivity index (χ3n) is 2.01. The van der Waals surface area contributed by atoms with E-state index in [2.05, 4.69) is 6.92 Å². The van der Waals surface area contributed by atoms with Crippen LogP contribution in [0.3, 0.4) is 0 Å². The summed E-state index contributed by atoms with van der Waals surface area (Å²) >= 11 is 0. The zero-order valence-corrected chi connectivity index (χ0v) is 7.90. The number of fused-ring (bicyclic) bond motifs is 1. The molecule has 0 aliphatic rings. The van der Waals surface area contributed by atoms with Crippen LogP contribution in [0.25, 0.3) is 0 Å². The van der Waals surface area contributed by atoms with Gasteiger partial charge in [0.2, 0.25) is 6.20 Å². The highest BCUT2D eigenvalue weighted by Crippen LogP contribution is 2.07. The number of hydrogen-bond donors (Lipinski definition) is 0. The zero-order valence-electron chi connectivity index (χ0n) is 7.90. The Labute approximate surface area is 77.2 Å². The lowest BCUT2D eigenvalue weighted by atomic mass is 10.5. The van der Waals surface area contributed by atoms with E-state index >= 15 is 0 Å². The second kappa shape index (κ2) is 3.09. The molecule has 13 heavy (non-hydrogen) atoms. The van der Waals surface area contributed by atoms with Crippen LogP contribution in [0.2, 0.25) is 0 Å². The first-order valence-electron chi connectivity index (χ1n) is 4.44. The molecule has 0 fully saturated rings. The normalized spacial score (nSPS) is 10.6. The molecule has 0 aliphatic carbocycles. The molecule has 0 saturated carbocycles. The molecular weight excluding hydrogens is 164 g/mol. The van der Waals surface area contributed by atoms with E-state index in [0.717, 1.165) is 5.88 Å². The topological polar surface area (TPSA) is 17.7 Å². The van der Waals surface area contributed by atoms with Crippen LogP contribution in [0.5, 0.6) is 5.88 Å². The predicted octanol–water partition coefficient (Wildman–Crippen LogP) is 1.23. The van der Waals surface area contributed by atoms with Crippen molar-refractivity contribution in [2.24, 2.45) is 0 Å². The predicted molar refractivity (Wildman–Crippen MR) is 49.0 cm³/mol. The Morgan fingerprint density at radius 1 is 1.46 bits per heavy atom. The SMILES string of the molecule is CCOc1cc(C)n2cccc[n+]12. The lowest BCUT2D eigenvalue weighted by molar-refractivity contribution is -0.624. The van der Waals surface area contributed by atoms with E-state index in [4.69, 9.17) is 4.74 Å². The highest BCUT2D eigenvalue weighted by atomic mass is 16.5. The Morgan fingerprint density at radius 3 is 3.08 bits per heavy atom. The maximum atomic E-state index is 5.48. The lowest BCUT2D eigenvalue weighted by Gasteiger charge is -1.92. The fraction of sp³-hybridized carbons (Fsp3) is 0.300. The van der Waals surface area contributed by atoms with Crippen molar-refractivity contribution in [3.05, 3.63) is 36.3 Å². The van der Waals surface area contributed by atoms with Crippen LogP contribution in [0, 0.1) is 6.92 Å². The zero-order chi connectivity index (χ0) is 9.26. The molecule has 0 unspecified atom stereocenters. The van der Waals surface area contributed by atoms with Gasteiger partial charge in [-0.2, -0.15) is 0 Å². The molecule has 0 N–H and O–H groups in total. The van der Waals surface area contributed by atoms with Gasteiger partial charge in [-0.05, 0) is 24.4 Å². The van der Waals surface area contributed by atoms with Gasteiger partial charge in [0, 0.05) is 6.07 Å². The van der Waals surface area contributed by atoms with Crippen molar-refractivity contribution in [3.8, 4) is 5.88 Å². The number of nitrogens with zero attached hydrogens (tertiary/aromatic N) is 2. The molecule has 0 saturated heterocycles. The van der Waals surface area contributed by atoms with Crippen molar-refractivity contribution >= 4 is 0 Å². The van der Waals surface area contributed by atoms with E-state index in [9.17, 15) is 0 Å². The molecule has 0 spiro atoms. The van der Waals surface area contributed by atoms with Gasteiger partial charge in [0.05, 0.1) is 24.6 Å². The molecule has 0 amide bonds. The third kappa shape index (κ3) is 1.26. The number of aromatic nitrogens is 2. The van der Waals surface area contributed by atoms with Crippen molar-refractivity contribution in [2.45, 2.75) is 13.8 Å². The summed E-state index contributed by atoms with van der Waals surface area (Å²) in [5.74, 6) is 0.889. The van der Waals surface area contributed by atoms with Crippen molar-refractivity contribution in [1.29, 1.82) is 0 Å². The minimum Gasteiger partial charge on any atom is -0.443 e. The summed E-state index contributed by atoms with van der Waals surface area (Å²) in [5.41, 5.74) is 1.17. The molecule has 0 aromatic carbocycles.